The summed E-state index contributed by atoms with van der Waals surface area (Å²) in [5.74, 6) is 0.943. The van der Waals surface area contributed by atoms with Crippen LogP contribution in [0.25, 0.3) is 0 Å². The topological polar surface area (TPSA) is 66.0 Å². The zero-order chi connectivity index (χ0) is 19.4. The Morgan fingerprint density at radius 2 is 1.93 bits per heavy atom. The van der Waals surface area contributed by atoms with Gasteiger partial charge in [0.05, 0.1) is 6.10 Å². The van der Waals surface area contributed by atoms with Gasteiger partial charge in [0.1, 0.15) is 0 Å². The molecule has 0 aromatic carbocycles. The monoisotopic (exact) mass is 381 g/mol. The molecule has 5 rings (SSSR count). The second kappa shape index (κ2) is 6.97. The van der Waals surface area contributed by atoms with Crippen molar-refractivity contribution in [2.75, 3.05) is 0 Å². The second-order valence-corrected chi connectivity index (χ2v) is 9.70. The highest BCUT2D eigenvalue weighted by Crippen LogP contribution is 2.60. The molecule has 5 aliphatic rings. The van der Waals surface area contributed by atoms with Crippen LogP contribution in [0.3, 0.4) is 0 Å². The van der Waals surface area contributed by atoms with Gasteiger partial charge in [-0.2, -0.15) is 0 Å². The van der Waals surface area contributed by atoms with E-state index < -0.39 is 17.7 Å². The van der Waals surface area contributed by atoms with Gasteiger partial charge in [0.15, 0.2) is 11.9 Å². The van der Waals surface area contributed by atoms with Gasteiger partial charge in [-0.05, 0) is 64.2 Å². The van der Waals surface area contributed by atoms with Crippen molar-refractivity contribution < 1.29 is 24.0 Å². The largest absolute Gasteiger partial charge is 0.354 e. The zero-order valence-electron chi connectivity index (χ0n) is 17.3. The maximum Gasteiger partial charge on any atom is 0.220 e. The number of carbonyl (C=O) groups excluding carboxylic acids is 1. The number of ether oxygens (including phenoxy) is 2. The molecule has 0 aromatic rings. The Morgan fingerprint density at radius 3 is 2.67 bits per heavy atom. The Hall–Kier alpha value is -0.690. The molecule has 4 heterocycles. The van der Waals surface area contributed by atoms with Gasteiger partial charge in [0, 0.05) is 24.8 Å². The molecule has 2 bridgehead atoms. The third kappa shape index (κ3) is 3.22. The van der Waals surface area contributed by atoms with Crippen molar-refractivity contribution in [2.45, 2.75) is 103 Å². The Kier molecular flexibility index (Phi) is 5.07. The predicted octanol–water partition coefficient (Wildman–Crippen LogP) is 3.54. The van der Waals surface area contributed by atoms with E-state index in [2.05, 4.69) is 19.2 Å². The van der Waals surface area contributed by atoms with Crippen LogP contribution in [0.4, 0.5) is 0 Å². The average Bonchev–Trinajstić information content (AvgIpc) is 2.82. The minimum Gasteiger partial charge on any atom is -0.354 e. The van der Waals surface area contributed by atoms with E-state index >= 15 is 0 Å². The smallest absolute Gasteiger partial charge is 0.220 e. The zero-order valence-corrected chi connectivity index (χ0v) is 17.3. The van der Waals surface area contributed by atoms with Gasteiger partial charge in [-0.1, -0.05) is 13.8 Å². The second-order valence-electron chi connectivity index (χ2n) is 9.70. The van der Waals surface area contributed by atoms with E-state index in [1.807, 2.05) is 20.8 Å². The minimum atomic E-state index is -0.738. The summed E-state index contributed by atoms with van der Waals surface area (Å²) in [5, 5.41) is 2.97. The average molecular weight is 382 g/mol. The van der Waals surface area contributed by atoms with Crippen LogP contribution in [0.5, 0.6) is 0 Å². The molecule has 4 saturated heterocycles. The van der Waals surface area contributed by atoms with Crippen LogP contribution in [0, 0.1) is 23.7 Å². The molecule has 4 aliphatic heterocycles. The van der Waals surface area contributed by atoms with Crippen LogP contribution < -0.4 is 5.32 Å². The first-order chi connectivity index (χ1) is 12.7. The quantitative estimate of drug-likeness (QED) is 0.755. The van der Waals surface area contributed by atoms with Crippen molar-refractivity contribution in [2.24, 2.45) is 23.7 Å². The van der Waals surface area contributed by atoms with E-state index in [0.29, 0.717) is 36.5 Å². The normalized spacial score (nSPS) is 48.8. The van der Waals surface area contributed by atoms with Crippen molar-refractivity contribution in [1.29, 1.82) is 0 Å². The van der Waals surface area contributed by atoms with E-state index in [1.165, 1.54) is 6.42 Å². The van der Waals surface area contributed by atoms with Crippen molar-refractivity contribution >= 4 is 5.91 Å². The summed E-state index contributed by atoms with van der Waals surface area (Å²) in [7, 11) is 0. The fraction of sp³-hybridized carbons (Fsp3) is 0.952. The van der Waals surface area contributed by atoms with Crippen LogP contribution in [-0.2, 0) is 24.0 Å². The number of carbonyl (C=O) groups is 1. The summed E-state index contributed by atoms with van der Waals surface area (Å²) < 4.78 is 12.9. The van der Waals surface area contributed by atoms with Crippen LogP contribution in [0.1, 0.15) is 73.1 Å². The lowest BCUT2D eigenvalue weighted by molar-refractivity contribution is -0.571. The molecule has 0 radical (unpaired) electrons. The lowest BCUT2D eigenvalue weighted by Gasteiger charge is -2.60. The number of hydrogen-bond acceptors (Lipinski definition) is 5. The van der Waals surface area contributed by atoms with Crippen molar-refractivity contribution in [3.8, 4) is 0 Å². The molecule has 1 aliphatic carbocycles. The number of nitrogens with one attached hydrogen (secondary N) is 1. The lowest BCUT2D eigenvalue weighted by atomic mass is 9.57. The Balaban J connectivity index is 1.56. The van der Waals surface area contributed by atoms with Gasteiger partial charge in [0.25, 0.3) is 0 Å². The maximum atomic E-state index is 12.1. The highest BCUT2D eigenvalue weighted by Gasteiger charge is 2.69. The van der Waals surface area contributed by atoms with E-state index in [1.54, 1.807) is 0 Å². The SMILES string of the molecule is CC(C)NC(=O)CCC1OC2OC3(C)CCC4C(C)CCC(C1C)C24OO3. The molecule has 6 nitrogen and oxygen atoms in total. The molecular weight excluding hydrogens is 346 g/mol. The van der Waals surface area contributed by atoms with Crippen molar-refractivity contribution in [1.82, 2.24) is 5.32 Å². The highest BCUT2D eigenvalue weighted by atomic mass is 17.3. The molecule has 27 heavy (non-hydrogen) atoms. The Labute approximate surface area is 162 Å². The minimum absolute atomic E-state index is 0.00384. The van der Waals surface area contributed by atoms with E-state index in [0.717, 1.165) is 19.3 Å². The van der Waals surface area contributed by atoms with Crippen LogP contribution >= 0.6 is 0 Å². The van der Waals surface area contributed by atoms with Gasteiger partial charge < -0.3 is 14.8 Å². The fourth-order valence-corrected chi connectivity index (χ4v) is 5.98. The number of fused-ring (bicyclic) bond motifs is 2. The first-order valence-corrected chi connectivity index (χ1v) is 10.7. The molecule has 8 unspecified atom stereocenters. The van der Waals surface area contributed by atoms with Gasteiger partial charge in [0.2, 0.25) is 11.7 Å². The Bertz CT molecular complexity index is 583. The van der Waals surface area contributed by atoms with Crippen LogP contribution in [-0.4, -0.2) is 35.7 Å². The van der Waals surface area contributed by atoms with Gasteiger partial charge in [-0.25, -0.2) is 9.78 Å². The van der Waals surface area contributed by atoms with Gasteiger partial charge in [-0.15, -0.1) is 0 Å². The van der Waals surface area contributed by atoms with Gasteiger partial charge >= 0.3 is 0 Å². The third-order valence-corrected chi connectivity index (χ3v) is 7.40. The standard InChI is InChI=1S/C21H35NO5/c1-12(2)22-18(23)9-8-17-14(4)16-7-6-13(3)15-10-11-20(5)25-19(24-17)21(15,16)27-26-20/h12-17,19H,6-11H2,1-5H3,(H,22,23). The summed E-state index contributed by atoms with van der Waals surface area (Å²) in [6.07, 6.45) is 4.95. The maximum absolute atomic E-state index is 12.1. The van der Waals surface area contributed by atoms with Crippen LogP contribution in [0.15, 0.2) is 0 Å². The summed E-state index contributed by atoms with van der Waals surface area (Å²) in [4.78, 5) is 24.1. The lowest BCUT2D eigenvalue weighted by Crippen LogP contribution is -2.70. The number of hydrogen-bond donors (Lipinski definition) is 1. The fourth-order valence-electron chi connectivity index (χ4n) is 5.98. The number of rotatable bonds is 4. The molecule has 1 N–H and O–H groups in total. The molecule has 6 heteroatoms. The molecule has 5 fully saturated rings. The third-order valence-electron chi connectivity index (χ3n) is 7.40. The van der Waals surface area contributed by atoms with Crippen molar-refractivity contribution in [3.05, 3.63) is 0 Å². The Morgan fingerprint density at radius 1 is 1.15 bits per heavy atom. The summed E-state index contributed by atoms with van der Waals surface area (Å²) >= 11 is 0. The first-order valence-electron chi connectivity index (χ1n) is 10.7. The first kappa shape index (κ1) is 19.6. The predicted molar refractivity (Wildman–Crippen MR) is 99.3 cm³/mol. The number of amides is 1. The highest BCUT2D eigenvalue weighted by molar-refractivity contribution is 5.76. The van der Waals surface area contributed by atoms with Crippen molar-refractivity contribution in [3.63, 3.8) is 0 Å². The molecule has 154 valence electrons. The molecule has 1 saturated carbocycles. The summed E-state index contributed by atoms with van der Waals surface area (Å²) in [5.41, 5.74) is -0.510. The molecule has 1 spiro atoms. The van der Waals surface area contributed by atoms with Crippen LogP contribution in [0.2, 0.25) is 0 Å². The molecule has 1 amide bonds. The summed E-state index contributed by atoms with van der Waals surface area (Å²) in [6, 6.07) is 0.164. The molecule has 8 atom stereocenters. The van der Waals surface area contributed by atoms with Gasteiger partial charge in [-0.3, -0.25) is 4.79 Å². The van der Waals surface area contributed by atoms with E-state index in [9.17, 15) is 4.79 Å². The summed E-state index contributed by atoms with van der Waals surface area (Å²) in [6.45, 7) is 10.5. The van der Waals surface area contributed by atoms with E-state index in [4.69, 9.17) is 19.2 Å². The van der Waals surface area contributed by atoms with E-state index in [-0.39, 0.29) is 18.1 Å². The molecule has 0 aromatic heterocycles. The molecular formula is C21H35NO5.